The van der Waals surface area contributed by atoms with Crippen molar-refractivity contribution >= 4 is 80.9 Å². The molecule has 0 unspecified atom stereocenters. The molecule has 0 fully saturated rings. The van der Waals surface area contributed by atoms with Crippen molar-refractivity contribution in [3.8, 4) is 22.3 Å². The number of rotatable bonds is 4. The highest BCUT2D eigenvalue weighted by atomic mass is 32.1. The van der Waals surface area contributed by atoms with Gasteiger partial charge in [0.05, 0.1) is 16.1 Å². The molecule has 0 aliphatic heterocycles. The van der Waals surface area contributed by atoms with E-state index < -0.39 is 0 Å². The maximum Gasteiger partial charge on any atom is 0.0640 e. The molecule has 11 rings (SSSR count). The molecule has 53 heavy (non-hydrogen) atoms. The Morgan fingerprint density at radius 3 is 1.89 bits per heavy atom. The highest BCUT2D eigenvalue weighted by Crippen LogP contribution is 2.53. The van der Waals surface area contributed by atoms with E-state index in [1.165, 1.54) is 97.2 Å². The van der Waals surface area contributed by atoms with Crippen molar-refractivity contribution < 1.29 is 0 Å². The summed E-state index contributed by atoms with van der Waals surface area (Å²) in [7, 11) is 0. The fraction of sp³-hybridized carbons (Fsp3) is 0.0588. The van der Waals surface area contributed by atoms with Crippen LogP contribution in [0, 0.1) is 0 Å². The number of hydrogen-bond acceptors (Lipinski definition) is 2. The molecule has 250 valence electrons. The predicted octanol–water partition coefficient (Wildman–Crippen LogP) is 15.0. The molecule has 0 amide bonds. The fourth-order valence-electron chi connectivity index (χ4n) is 9.10. The van der Waals surface area contributed by atoms with Crippen LogP contribution in [-0.4, -0.2) is 0 Å². The third kappa shape index (κ3) is 4.43. The van der Waals surface area contributed by atoms with Gasteiger partial charge in [-0.25, -0.2) is 0 Å². The average molecular weight is 694 g/mol. The van der Waals surface area contributed by atoms with E-state index in [-0.39, 0.29) is 5.41 Å². The zero-order valence-electron chi connectivity index (χ0n) is 29.6. The number of benzene rings is 9. The van der Waals surface area contributed by atoms with Crippen LogP contribution in [0.1, 0.15) is 25.0 Å². The van der Waals surface area contributed by atoms with E-state index in [1.807, 2.05) is 11.3 Å². The van der Waals surface area contributed by atoms with E-state index in [4.69, 9.17) is 0 Å². The van der Waals surface area contributed by atoms with Crippen molar-refractivity contribution in [2.24, 2.45) is 0 Å². The first-order valence-electron chi connectivity index (χ1n) is 18.4. The summed E-state index contributed by atoms with van der Waals surface area (Å²) in [5.74, 6) is 0. The SMILES string of the molecule is CC1(C)c2ccccc2-c2c(-c3ccc(N(c4cc5ccccc5c5ccccc45)c4cccc5c4sc4c6ccccc6ccc54)cc3)cccc21. The lowest BCUT2D eigenvalue weighted by Crippen LogP contribution is -2.14. The summed E-state index contributed by atoms with van der Waals surface area (Å²) >= 11 is 1.91. The molecule has 1 nitrogen and oxygen atoms in total. The lowest BCUT2D eigenvalue weighted by Gasteiger charge is -2.28. The molecule has 1 aromatic heterocycles. The zero-order chi connectivity index (χ0) is 35.3. The molecular weight excluding hydrogens is 659 g/mol. The first kappa shape index (κ1) is 30.4. The smallest absolute Gasteiger partial charge is 0.0640 e. The predicted molar refractivity (Wildman–Crippen MR) is 230 cm³/mol. The van der Waals surface area contributed by atoms with Crippen molar-refractivity contribution in [1.82, 2.24) is 0 Å². The Morgan fingerprint density at radius 2 is 1.04 bits per heavy atom. The molecular formula is C51H35NS. The molecule has 0 saturated carbocycles. The number of nitrogens with zero attached hydrogens (tertiary/aromatic N) is 1. The summed E-state index contributed by atoms with van der Waals surface area (Å²) in [5.41, 5.74) is 11.5. The second-order valence-electron chi connectivity index (χ2n) is 14.9. The van der Waals surface area contributed by atoms with Gasteiger partial charge in [-0.2, -0.15) is 0 Å². The van der Waals surface area contributed by atoms with Gasteiger partial charge in [0.25, 0.3) is 0 Å². The van der Waals surface area contributed by atoms with Crippen LogP contribution in [0.25, 0.3) is 74.7 Å². The van der Waals surface area contributed by atoms with E-state index in [9.17, 15) is 0 Å². The van der Waals surface area contributed by atoms with Crippen LogP contribution >= 0.6 is 11.3 Å². The van der Waals surface area contributed by atoms with Crippen LogP contribution < -0.4 is 4.90 Å². The second kappa shape index (κ2) is 11.4. The third-order valence-electron chi connectivity index (χ3n) is 11.6. The van der Waals surface area contributed by atoms with Gasteiger partial charge in [0.15, 0.2) is 0 Å². The van der Waals surface area contributed by atoms with Crippen molar-refractivity contribution in [3.63, 3.8) is 0 Å². The van der Waals surface area contributed by atoms with Gasteiger partial charge in [-0.05, 0) is 84.6 Å². The molecule has 0 bridgehead atoms. The summed E-state index contributed by atoms with van der Waals surface area (Å²) in [5, 5.41) is 10.2. The largest absolute Gasteiger partial charge is 0.308 e. The Hall–Kier alpha value is -6.22. The van der Waals surface area contributed by atoms with Crippen molar-refractivity contribution in [3.05, 3.63) is 187 Å². The van der Waals surface area contributed by atoms with Gasteiger partial charge >= 0.3 is 0 Å². The van der Waals surface area contributed by atoms with Gasteiger partial charge in [-0.3, -0.25) is 0 Å². The molecule has 1 aliphatic carbocycles. The first-order chi connectivity index (χ1) is 26.1. The van der Waals surface area contributed by atoms with E-state index in [1.54, 1.807) is 0 Å². The van der Waals surface area contributed by atoms with Gasteiger partial charge in [0.1, 0.15) is 0 Å². The first-order valence-corrected chi connectivity index (χ1v) is 19.3. The van der Waals surface area contributed by atoms with Crippen LogP contribution in [0.2, 0.25) is 0 Å². The minimum absolute atomic E-state index is 0.0376. The normalized spacial score (nSPS) is 13.2. The van der Waals surface area contributed by atoms with Gasteiger partial charge < -0.3 is 4.90 Å². The summed E-state index contributed by atoms with van der Waals surface area (Å²) in [6.45, 7) is 4.71. The Kier molecular flexibility index (Phi) is 6.53. The Balaban J connectivity index is 1.16. The van der Waals surface area contributed by atoms with Crippen LogP contribution in [-0.2, 0) is 5.41 Å². The van der Waals surface area contributed by atoms with Crippen molar-refractivity contribution in [1.29, 1.82) is 0 Å². The molecule has 0 N–H and O–H groups in total. The molecule has 9 aromatic carbocycles. The van der Waals surface area contributed by atoms with Gasteiger partial charge in [0, 0.05) is 32.0 Å². The summed E-state index contributed by atoms with van der Waals surface area (Å²) in [4.78, 5) is 2.51. The minimum Gasteiger partial charge on any atom is -0.308 e. The van der Waals surface area contributed by atoms with Gasteiger partial charge in [0.2, 0.25) is 0 Å². The minimum atomic E-state index is -0.0376. The Morgan fingerprint density at radius 1 is 0.415 bits per heavy atom. The molecule has 0 radical (unpaired) electrons. The topological polar surface area (TPSA) is 3.24 Å². The quantitative estimate of drug-likeness (QED) is 0.166. The fourth-order valence-corrected chi connectivity index (χ4v) is 10.4. The summed E-state index contributed by atoms with van der Waals surface area (Å²) < 4.78 is 2.63. The zero-order valence-corrected chi connectivity index (χ0v) is 30.4. The van der Waals surface area contributed by atoms with Gasteiger partial charge in [-0.1, -0.05) is 166 Å². The molecule has 1 heterocycles. The van der Waals surface area contributed by atoms with Crippen molar-refractivity contribution in [2.45, 2.75) is 19.3 Å². The maximum atomic E-state index is 2.51. The molecule has 0 atom stereocenters. The molecule has 0 saturated heterocycles. The Labute approximate surface area is 313 Å². The van der Waals surface area contributed by atoms with E-state index in [2.05, 4.69) is 195 Å². The van der Waals surface area contributed by atoms with E-state index in [0.29, 0.717) is 0 Å². The van der Waals surface area contributed by atoms with Crippen LogP contribution in [0.15, 0.2) is 176 Å². The second-order valence-corrected chi connectivity index (χ2v) is 15.9. The van der Waals surface area contributed by atoms with Crippen LogP contribution in [0.3, 0.4) is 0 Å². The van der Waals surface area contributed by atoms with Crippen LogP contribution in [0.5, 0.6) is 0 Å². The number of thiophene rings is 1. The lowest BCUT2D eigenvalue weighted by molar-refractivity contribution is 0.660. The van der Waals surface area contributed by atoms with E-state index in [0.717, 1.165) is 5.69 Å². The number of fused-ring (bicyclic) bond motifs is 11. The summed E-state index contributed by atoms with van der Waals surface area (Å²) in [6, 6.07) is 65.3. The average Bonchev–Trinajstić information content (AvgIpc) is 3.71. The maximum absolute atomic E-state index is 2.51. The third-order valence-corrected chi connectivity index (χ3v) is 12.9. The Bertz CT molecular complexity index is 3090. The van der Waals surface area contributed by atoms with Crippen LogP contribution in [0.4, 0.5) is 17.1 Å². The molecule has 1 aliphatic rings. The lowest BCUT2D eigenvalue weighted by atomic mass is 9.82. The number of hydrogen-bond donors (Lipinski definition) is 0. The monoisotopic (exact) mass is 693 g/mol. The van der Waals surface area contributed by atoms with Gasteiger partial charge in [-0.15, -0.1) is 11.3 Å². The number of anilines is 3. The van der Waals surface area contributed by atoms with Crippen molar-refractivity contribution in [2.75, 3.05) is 4.90 Å². The molecule has 0 spiro atoms. The highest BCUT2D eigenvalue weighted by molar-refractivity contribution is 7.27. The summed E-state index contributed by atoms with van der Waals surface area (Å²) in [6.07, 6.45) is 0. The molecule has 10 aromatic rings. The standard InChI is InChI=1S/C51H35NS/c1-51(2)44-22-10-9-19-43(44)48-37(20-11-23-45(48)51)33-25-28-35(29-26-33)52(47-31-34-14-4-5-15-36(34)39-17-7-8-18-40(39)47)46-24-12-21-41-42-30-27-32-13-3-6-16-38(32)49(42)53-50(41)46/h3-31H,1-2H3. The van der Waals surface area contributed by atoms with E-state index >= 15 is 0 Å². The molecule has 2 heteroatoms. The highest BCUT2D eigenvalue weighted by Gasteiger charge is 2.36.